The lowest BCUT2D eigenvalue weighted by Gasteiger charge is -2.38. The van der Waals surface area contributed by atoms with Crippen LogP contribution >= 0.6 is 0 Å². The van der Waals surface area contributed by atoms with Gasteiger partial charge < -0.3 is 0 Å². The Morgan fingerprint density at radius 2 is 1.30 bits per heavy atom. The van der Waals surface area contributed by atoms with E-state index in [-0.39, 0.29) is 6.67 Å². The lowest BCUT2D eigenvalue weighted by Crippen LogP contribution is -2.25. The van der Waals surface area contributed by atoms with Crippen LogP contribution < -0.4 is 0 Å². The van der Waals surface area contributed by atoms with E-state index in [1.807, 2.05) is 0 Å². The number of alkyl halides is 1. The monoisotopic (exact) mass is 280 g/mol. The summed E-state index contributed by atoms with van der Waals surface area (Å²) in [4.78, 5) is 0. The Balaban J connectivity index is 1.64. The summed E-state index contributed by atoms with van der Waals surface area (Å²) < 4.78 is 12.2. The first kappa shape index (κ1) is 16.0. The summed E-state index contributed by atoms with van der Waals surface area (Å²) in [5.74, 6) is 3.82. The standard InChI is InChI=1S/C19H33F/c1-2-3-5-16-7-11-18(12-8-16)19-13-9-17(10-14-19)6-4-15-20/h2,16-19H,1,3-15H2. The second kappa shape index (κ2) is 8.85. The fourth-order valence-corrected chi connectivity index (χ4v) is 4.62. The predicted octanol–water partition coefficient (Wildman–Crippen LogP) is 6.32. The number of rotatable bonds is 7. The maximum Gasteiger partial charge on any atom is 0.0894 e. The van der Waals surface area contributed by atoms with E-state index in [0.717, 1.165) is 36.5 Å². The molecule has 2 aliphatic rings. The molecule has 0 aromatic heterocycles. The van der Waals surface area contributed by atoms with Gasteiger partial charge in [0.15, 0.2) is 0 Å². The first-order chi connectivity index (χ1) is 9.83. The summed E-state index contributed by atoms with van der Waals surface area (Å²) in [7, 11) is 0. The normalized spacial score (nSPS) is 34.9. The molecule has 0 atom stereocenters. The number of halogens is 1. The molecule has 0 N–H and O–H groups in total. The van der Waals surface area contributed by atoms with Crippen molar-refractivity contribution in [3.8, 4) is 0 Å². The third-order valence-corrected chi connectivity index (χ3v) is 5.97. The highest BCUT2D eigenvalue weighted by atomic mass is 19.1. The van der Waals surface area contributed by atoms with Gasteiger partial charge in [0, 0.05) is 0 Å². The van der Waals surface area contributed by atoms with Gasteiger partial charge in [0.25, 0.3) is 0 Å². The topological polar surface area (TPSA) is 0 Å². The maximum atomic E-state index is 12.2. The van der Waals surface area contributed by atoms with Gasteiger partial charge in [-0.2, -0.15) is 0 Å². The van der Waals surface area contributed by atoms with Crippen molar-refractivity contribution < 1.29 is 4.39 Å². The van der Waals surface area contributed by atoms with Crippen LogP contribution in [0.1, 0.15) is 77.0 Å². The molecule has 0 nitrogen and oxygen atoms in total. The molecule has 0 aliphatic heterocycles. The van der Waals surface area contributed by atoms with E-state index in [2.05, 4.69) is 12.7 Å². The van der Waals surface area contributed by atoms with Gasteiger partial charge >= 0.3 is 0 Å². The van der Waals surface area contributed by atoms with Crippen LogP contribution in [0, 0.1) is 23.7 Å². The summed E-state index contributed by atoms with van der Waals surface area (Å²) in [6.07, 6.45) is 18.1. The number of hydrogen-bond donors (Lipinski definition) is 0. The Bertz CT molecular complexity index is 257. The molecule has 0 aromatic rings. The highest BCUT2D eigenvalue weighted by molar-refractivity contribution is 4.82. The third kappa shape index (κ3) is 4.90. The zero-order valence-corrected chi connectivity index (χ0v) is 13.2. The third-order valence-electron chi connectivity index (χ3n) is 5.97. The van der Waals surface area contributed by atoms with E-state index >= 15 is 0 Å². The first-order valence-corrected chi connectivity index (χ1v) is 9.00. The van der Waals surface area contributed by atoms with Crippen LogP contribution in [-0.2, 0) is 0 Å². The second-order valence-corrected chi connectivity index (χ2v) is 7.26. The molecule has 2 fully saturated rings. The molecule has 1 heteroatoms. The molecule has 0 spiro atoms. The lowest BCUT2D eigenvalue weighted by molar-refractivity contribution is 0.140. The van der Waals surface area contributed by atoms with Crippen LogP contribution in [0.5, 0.6) is 0 Å². The molecule has 2 saturated carbocycles. The van der Waals surface area contributed by atoms with E-state index in [4.69, 9.17) is 0 Å². The van der Waals surface area contributed by atoms with E-state index in [1.54, 1.807) is 0 Å². The van der Waals surface area contributed by atoms with Gasteiger partial charge in [-0.3, -0.25) is 4.39 Å². The second-order valence-electron chi connectivity index (χ2n) is 7.26. The van der Waals surface area contributed by atoms with Crippen molar-refractivity contribution >= 4 is 0 Å². The highest BCUT2D eigenvalue weighted by Gasteiger charge is 2.30. The molecule has 0 radical (unpaired) electrons. The largest absolute Gasteiger partial charge is 0.251 e. The Labute approximate surface area is 125 Å². The molecule has 2 rings (SSSR count). The van der Waals surface area contributed by atoms with Crippen molar-refractivity contribution in [1.82, 2.24) is 0 Å². The molecule has 0 heterocycles. The highest BCUT2D eigenvalue weighted by Crippen LogP contribution is 2.42. The minimum Gasteiger partial charge on any atom is -0.251 e. The number of hydrogen-bond acceptors (Lipinski definition) is 0. The van der Waals surface area contributed by atoms with Gasteiger partial charge in [-0.15, -0.1) is 6.58 Å². The minimum atomic E-state index is -0.116. The quantitative estimate of drug-likeness (QED) is 0.479. The van der Waals surface area contributed by atoms with Crippen LogP contribution in [0.2, 0.25) is 0 Å². The summed E-state index contributed by atoms with van der Waals surface area (Å²) in [6, 6.07) is 0. The van der Waals surface area contributed by atoms with Gasteiger partial charge in [0.05, 0.1) is 6.67 Å². The van der Waals surface area contributed by atoms with Crippen LogP contribution in [-0.4, -0.2) is 6.67 Å². The minimum absolute atomic E-state index is 0.116. The van der Waals surface area contributed by atoms with Crippen LogP contribution in [0.15, 0.2) is 12.7 Å². The Hall–Kier alpha value is -0.330. The zero-order chi connectivity index (χ0) is 14.2. The first-order valence-electron chi connectivity index (χ1n) is 9.00. The molecule has 0 unspecified atom stereocenters. The van der Waals surface area contributed by atoms with Gasteiger partial charge in [0.2, 0.25) is 0 Å². The van der Waals surface area contributed by atoms with Crippen molar-refractivity contribution in [2.75, 3.05) is 6.67 Å². The van der Waals surface area contributed by atoms with Crippen LogP contribution in [0.4, 0.5) is 4.39 Å². The van der Waals surface area contributed by atoms with E-state index in [9.17, 15) is 4.39 Å². The average molecular weight is 280 g/mol. The van der Waals surface area contributed by atoms with E-state index < -0.39 is 0 Å². The molecule has 0 aromatic carbocycles. The molecule has 0 bridgehead atoms. The van der Waals surface area contributed by atoms with E-state index in [1.165, 1.54) is 64.2 Å². The molecular formula is C19H33F. The smallest absolute Gasteiger partial charge is 0.0894 e. The maximum absolute atomic E-state index is 12.2. The van der Waals surface area contributed by atoms with Gasteiger partial charge in [-0.25, -0.2) is 0 Å². The molecule has 0 amide bonds. The SMILES string of the molecule is C=CCCC1CCC(C2CCC(CCCF)CC2)CC1. The summed E-state index contributed by atoms with van der Waals surface area (Å²) in [5.41, 5.74) is 0. The van der Waals surface area contributed by atoms with Crippen molar-refractivity contribution in [2.45, 2.75) is 77.0 Å². The van der Waals surface area contributed by atoms with Crippen molar-refractivity contribution in [3.63, 3.8) is 0 Å². The Morgan fingerprint density at radius 3 is 1.75 bits per heavy atom. The van der Waals surface area contributed by atoms with Gasteiger partial charge in [-0.1, -0.05) is 31.8 Å². The van der Waals surface area contributed by atoms with Crippen LogP contribution in [0.25, 0.3) is 0 Å². The lowest BCUT2D eigenvalue weighted by atomic mass is 9.68. The molecule has 2 aliphatic carbocycles. The Morgan fingerprint density at radius 1 is 0.800 bits per heavy atom. The molecule has 0 saturated heterocycles. The Kier molecular flexibility index (Phi) is 7.10. The molecule has 20 heavy (non-hydrogen) atoms. The van der Waals surface area contributed by atoms with E-state index in [0.29, 0.717) is 0 Å². The average Bonchev–Trinajstić information content (AvgIpc) is 2.52. The number of allylic oxidation sites excluding steroid dienone is 1. The summed E-state index contributed by atoms with van der Waals surface area (Å²) in [6.45, 7) is 3.72. The summed E-state index contributed by atoms with van der Waals surface area (Å²) in [5, 5.41) is 0. The van der Waals surface area contributed by atoms with Crippen LogP contribution in [0.3, 0.4) is 0 Å². The fraction of sp³-hybridized carbons (Fsp3) is 0.895. The van der Waals surface area contributed by atoms with Crippen molar-refractivity contribution in [2.24, 2.45) is 23.7 Å². The predicted molar refractivity (Wildman–Crippen MR) is 85.5 cm³/mol. The van der Waals surface area contributed by atoms with Gasteiger partial charge in [0.1, 0.15) is 0 Å². The molecular weight excluding hydrogens is 247 g/mol. The zero-order valence-electron chi connectivity index (χ0n) is 13.2. The van der Waals surface area contributed by atoms with Crippen molar-refractivity contribution in [1.29, 1.82) is 0 Å². The fourth-order valence-electron chi connectivity index (χ4n) is 4.62. The van der Waals surface area contributed by atoms with Gasteiger partial charge in [-0.05, 0) is 75.0 Å². The summed E-state index contributed by atoms with van der Waals surface area (Å²) >= 11 is 0. The van der Waals surface area contributed by atoms with Crippen molar-refractivity contribution in [3.05, 3.63) is 12.7 Å². The molecule has 116 valence electrons.